The van der Waals surface area contributed by atoms with E-state index in [2.05, 4.69) is 41.0 Å². The first-order valence-corrected chi connectivity index (χ1v) is 9.94. The smallest absolute Gasteiger partial charge is 0.320 e. The van der Waals surface area contributed by atoms with Crippen LogP contribution in [0.5, 0.6) is 0 Å². The lowest BCUT2D eigenvalue weighted by atomic mass is 9.85. The molecule has 2 heterocycles. The van der Waals surface area contributed by atoms with Gasteiger partial charge in [0.25, 0.3) is 0 Å². The Labute approximate surface area is 159 Å². The molecule has 0 spiro atoms. The van der Waals surface area contributed by atoms with Crippen LogP contribution in [0.4, 0.5) is 0 Å². The fourth-order valence-electron chi connectivity index (χ4n) is 4.63. The molecule has 0 radical (unpaired) electrons. The molecular formula is C21H27N3O3. The molecule has 27 heavy (non-hydrogen) atoms. The van der Waals surface area contributed by atoms with Gasteiger partial charge in [-0.05, 0) is 36.7 Å². The summed E-state index contributed by atoms with van der Waals surface area (Å²) in [6.07, 6.45) is 5.30. The molecule has 1 N–H and O–H groups in total. The summed E-state index contributed by atoms with van der Waals surface area (Å²) in [6.45, 7) is 4.74. The average Bonchev–Trinajstić information content (AvgIpc) is 3.27. The van der Waals surface area contributed by atoms with Gasteiger partial charge in [0.1, 0.15) is 6.04 Å². The van der Waals surface area contributed by atoms with Crippen molar-refractivity contribution in [1.29, 1.82) is 0 Å². The van der Waals surface area contributed by atoms with Crippen LogP contribution in [-0.2, 0) is 11.3 Å². The van der Waals surface area contributed by atoms with Crippen LogP contribution in [0.1, 0.15) is 63.3 Å². The van der Waals surface area contributed by atoms with E-state index in [-0.39, 0.29) is 0 Å². The number of carboxylic acids is 1. The van der Waals surface area contributed by atoms with Crippen LogP contribution in [0.2, 0.25) is 0 Å². The van der Waals surface area contributed by atoms with Crippen molar-refractivity contribution in [2.75, 3.05) is 0 Å². The summed E-state index contributed by atoms with van der Waals surface area (Å²) in [5.74, 6) is 1.27. The van der Waals surface area contributed by atoms with Gasteiger partial charge in [0.15, 0.2) is 0 Å². The second kappa shape index (κ2) is 7.43. The first-order chi connectivity index (χ1) is 13.0. The summed E-state index contributed by atoms with van der Waals surface area (Å²) in [6, 6.07) is 8.07. The molecule has 3 unspecified atom stereocenters. The lowest BCUT2D eigenvalue weighted by molar-refractivity contribution is -0.143. The zero-order chi connectivity index (χ0) is 19.0. The van der Waals surface area contributed by atoms with Gasteiger partial charge in [0, 0.05) is 11.6 Å². The first kappa shape index (κ1) is 18.2. The fraction of sp³-hybridized carbons (Fsp3) is 0.571. The molecule has 4 rings (SSSR count). The van der Waals surface area contributed by atoms with Gasteiger partial charge in [-0.3, -0.25) is 9.69 Å². The average molecular weight is 369 g/mol. The monoisotopic (exact) mass is 369 g/mol. The molecule has 1 saturated heterocycles. The third kappa shape index (κ3) is 3.63. The standard InChI is InChI=1S/C21H27N3O3/c1-13(2)14-7-9-15(10-8-14)20-22-19(27-23-20)12-24-17-6-4-3-5-16(17)11-18(24)21(25)26/h7-10,13,16-18H,3-6,11-12H2,1-2H3,(H,25,26). The van der Waals surface area contributed by atoms with E-state index in [0.717, 1.165) is 24.8 Å². The number of carbonyl (C=O) groups is 1. The molecule has 1 aromatic heterocycles. The van der Waals surface area contributed by atoms with Crippen molar-refractivity contribution in [3.05, 3.63) is 35.7 Å². The number of fused-ring (bicyclic) bond motifs is 1. The Morgan fingerprint density at radius 2 is 2.00 bits per heavy atom. The second-order valence-electron chi connectivity index (χ2n) is 8.16. The van der Waals surface area contributed by atoms with Crippen molar-refractivity contribution in [3.63, 3.8) is 0 Å². The van der Waals surface area contributed by atoms with Gasteiger partial charge < -0.3 is 9.63 Å². The number of benzene rings is 1. The Bertz CT molecular complexity index is 799. The highest BCUT2D eigenvalue weighted by molar-refractivity contribution is 5.74. The summed E-state index contributed by atoms with van der Waals surface area (Å²) in [7, 11) is 0. The minimum absolute atomic E-state index is 0.320. The van der Waals surface area contributed by atoms with Crippen molar-refractivity contribution in [1.82, 2.24) is 15.0 Å². The fourth-order valence-corrected chi connectivity index (χ4v) is 4.63. The normalized spacial score (nSPS) is 25.7. The van der Waals surface area contributed by atoms with E-state index >= 15 is 0 Å². The molecule has 2 aromatic rings. The van der Waals surface area contributed by atoms with Crippen LogP contribution in [0, 0.1) is 5.92 Å². The molecule has 1 aromatic carbocycles. The van der Waals surface area contributed by atoms with E-state index < -0.39 is 12.0 Å². The SMILES string of the molecule is CC(C)c1ccc(-c2noc(CN3C(C(=O)O)CC4CCCCC43)n2)cc1. The Kier molecular flexibility index (Phi) is 5.00. The highest BCUT2D eigenvalue weighted by Crippen LogP contribution is 2.40. The van der Waals surface area contributed by atoms with Gasteiger partial charge in [-0.25, -0.2) is 0 Å². The quantitative estimate of drug-likeness (QED) is 0.855. The molecule has 144 valence electrons. The third-order valence-corrected chi connectivity index (χ3v) is 6.13. The first-order valence-electron chi connectivity index (χ1n) is 9.94. The molecule has 3 atom stereocenters. The summed E-state index contributed by atoms with van der Waals surface area (Å²) < 4.78 is 5.47. The molecule has 0 bridgehead atoms. The molecule has 1 aliphatic carbocycles. The Morgan fingerprint density at radius 3 is 2.70 bits per heavy atom. The predicted molar refractivity (Wildman–Crippen MR) is 101 cm³/mol. The second-order valence-corrected chi connectivity index (χ2v) is 8.16. The summed E-state index contributed by atoms with van der Waals surface area (Å²) in [5.41, 5.74) is 2.19. The number of aromatic nitrogens is 2. The molecule has 2 aliphatic rings. The maximum absolute atomic E-state index is 11.8. The molecular weight excluding hydrogens is 342 g/mol. The number of carboxylic acid groups (broad SMARTS) is 1. The van der Waals surface area contributed by atoms with Gasteiger partial charge in [-0.15, -0.1) is 0 Å². The molecule has 1 saturated carbocycles. The van der Waals surface area contributed by atoms with Crippen molar-refractivity contribution in [3.8, 4) is 11.4 Å². The highest BCUT2D eigenvalue weighted by Gasteiger charge is 2.45. The third-order valence-electron chi connectivity index (χ3n) is 6.13. The van der Waals surface area contributed by atoms with Crippen LogP contribution in [0.3, 0.4) is 0 Å². The highest BCUT2D eigenvalue weighted by atomic mass is 16.5. The van der Waals surface area contributed by atoms with Crippen molar-refractivity contribution >= 4 is 5.97 Å². The number of likely N-dealkylation sites (tertiary alicyclic amines) is 1. The summed E-state index contributed by atoms with van der Waals surface area (Å²) >= 11 is 0. The van der Waals surface area contributed by atoms with Crippen LogP contribution >= 0.6 is 0 Å². The maximum atomic E-state index is 11.8. The minimum Gasteiger partial charge on any atom is -0.480 e. The van der Waals surface area contributed by atoms with Gasteiger partial charge in [0.2, 0.25) is 11.7 Å². The van der Waals surface area contributed by atoms with Gasteiger partial charge in [-0.1, -0.05) is 56.1 Å². The molecule has 6 nitrogen and oxygen atoms in total. The van der Waals surface area contributed by atoms with Crippen LogP contribution < -0.4 is 0 Å². The van der Waals surface area contributed by atoms with E-state index in [1.54, 1.807) is 0 Å². The van der Waals surface area contributed by atoms with Crippen molar-refractivity contribution in [2.45, 2.75) is 70.5 Å². The predicted octanol–water partition coefficient (Wildman–Crippen LogP) is 4.08. The zero-order valence-electron chi connectivity index (χ0n) is 16.0. The van der Waals surface area contributed by atoms with E-state index in [1.807, 2.05) is 12.1 Å². The van der Waals surface area contributed by atoms with E-state index in [9.17, 15) is 9.90 Å². The summed E-state index contributed by atoms with van der Waals surface area (Å²) in [5, 5.41) is 13.8. The van der Waals surface area contributed by atoms with E-state index in [1.165, 1.54) is 18.4 Å². The van der Waals surface area contributed by atoms with Gasteiger partial charge in [-0.2, -0.15) is 4.98 Å². The lowest BCUT2D eigenvalue weighted by Crippen LogP contribution is -2.41. The zero-order valence-corrected chi connectivity index (χ0v) is 16.0. The number of aliphatic carboxylic acids is 1. The van der Waals surface area contributed by atoms with E-state index in [0.29, 0.717) is 36.1 Å². The number of nitrogens with zero attached hydrogens (tertiary/aromatic N) is 3. The Hall–Kier alpha value is -2.21. The minimum atomic E-state index is -0.742. The van der Waals surface area contributed by atoms with Crippen LogP contribution in [-0.4, -0.2) is 38.2 Å². The molecule has 2 fully saturated rings. The largest absolute Gasteiger partial charge is 0.480 e. The molecule has 1 aliphatic heterocycles. The summed E-state index contributed by atoms with van der Waals surface area (Å²) in [4.78, 5) is 18.4. The van der Waals surface area contributed by atoms with Crippen LogP contribution in [0.25, 0.3) is 11.4 Å². The van der Waals surface area contributed by atoms with E-state index in [4.69, 9.17) is 4.52 Å². The molecule has 0 amide bonds. The van der Waals surface area contributed by atoms with Crippen LogP contribution in [0.15, 0.2) is 28.8 Å². The number of hydrogen-bond donors (Lipinski definition) is 1. The number of rotatable bonds is 5. The Morgan fingerprint density at radius 1 is 1.26 bits per heavy atom. The van der Waals surface area contributed by atoms with Gasteiger partial charge in [0.05, 0.1) is 6.54 Å². The Balaban J connectivity index is 1.51. The van der Waals surface area contributed by atoms with Crippen molar-refractivity contribution < 1.29 is 14.4 Å². The molecule has 6 heteroatoms. The van der Waals surface area contributed by atoms with Gasteiger partial charge >= 0.3 is 5.97 Å². The van der Waals surface area contributed by atoms with Crippen molar-refractivity contribution in [2.24, 2.45) is 5.92 Å². The number of hydrogen-bond acceptors (Lipinski definition) is 5. The topological polar surface area (TPSA) is 79.5 Å². The maximum Gasteiger partial charge on any atom is 0.320 e. The lowest BCUT2D eigenvalue weighted by Gasteiger charge is -2.31.